The van der Waals surface area contributed by atoms with E-state index in [0.717, 1.165) is 0 Å². The number of fused-ring (bicyclic) bond motifs is 1. The number of para-hydroxylation sites is 1. The lowest BCUT2D eigenvalue weighted by atomic mass is 10.2. The van der Waals surface area contributed by atoms with Crippen LogP contribution in [0.1, 0.15) is 19.5 Å². The third kappa shape index (κ3) is 4.03. The van der Waals surface area contributed by atoms with Crippen LogP contribution in [0.2, 0.25) is 15.2 Å². The molecule has 0 saturated carbocycles. The summed E-state index contributed by atoms with van der Waals surface area (Å²) in [6, 6.07) is 8.29. The fraction of sp³-hybridized carbons (Fsp3) is 0.333. The summed E-state index contributed by atoms with van der Waals surface area (Å²) in [6.07, 6.45) is -0.290. The van der Waals surface area contributed by atoms with Crippen LogP contribution in [0, 0.1) is 6.92 Å². The smallest absolute Gasteiger partial charge is 0.228 e. The van der Waals surface area contributed by atoms with Crippen LogP contribution in [0.3, 0.4) is 0 Å². The van der Waals surface area contributed by atoms with Crippen molar-refractivity contribution in [3.05, 3.63) is 61.4 Å². The molecule has 2 aromatic heterocycles. The van der Waals surface area contributed by atoms with E-state index in [1.165, 1.54) is 6.07 Å². The maximum Gasteiger partial charge on any atom is 0.228 e. The van der Waals surface area contributed by atoms with Crippen molar-refractivity contribution >= 4 is 45.7 Å². The monoisotopic (exact) mass is 468 g/mol. The molecular formula is C21H19Cl3N2O4. The number of aromatic nitrogens is 2. The van der Waals surface area contributed by atoms with Gasteiger partial charge in [-0.3, -0.25) is 4.79 Å². The number of halogens is 3. The van der Waals surface area contributed by atoms with E-state index in [1.54, 1.807) is 35.8 Å². The largest absolute Gasteiger partial charge is 0.474 e. The van der Waals surface area contributed by atoms with Gasteiger partial charge in [0, 0.05) is 17.8 Å². The van der Waals surface area contributed by atoms with Gasteiger partial charge in [0.25, 0.3) is 0 Å². The van der Waals surface area contributed by atoms with Gasteiger partial charge in [-0.05, 0) is 32.9 Å². The van der Waals surface area contributed by atoms with E-state index in [0.29, 0.717) is 33.6 Å². The van der Waals surface area contributed by atoms with Gasteiger partial charge in [0.1, 0.15) is 23.3 Å². The SMILES string of the molecule is Cc1cc(=O)c2c(OCC3COC(C)(C)O3)nc(Cl)cc2n1-c1c(Cl)cccc1Cl. The summed E-state index contributed by atoms with van der Waals surface area (Å²) in [5, 5.41) is 1.32. The van der Waals surface area contributed by atoms with E-state index in [9.17, 15) is 4.79 Å². The number of ether oxygens (including phenoxy) is 3. The maximum atomic E-state index is 12.9. The third-order valence-corrected chi connectivity index (χ3v) is 5.55. The van der Waals surface area contributed by atoms with E-state index in [4.69, 9.17) is 49.0 Å². The first-order valence-corrected chi connectivity index (χ1v) is 10.4. The van der Waals surface area contributed by atoms with Gasteiger partial charge in [0.15, 0.2) is 11.2 Å². The molecule has 0 N–H and O–H groups in total. The summed E-state index contributed by atoms with van der Waals surface area (Å²) < 4.78 is 19.0. The number of aryl methyl sites for hydroxylation is 1. The van der Waals surface area contributed by atoms with Crippen LogP contribution >= 0.6 is 34.8 Å². The summed E-state index contributed by atoms with van der Waals surface area (Å²) in [7, 11) is 0. The lowest BCUT2D eigenvalue weighted by molar-refractivity contribution is -0.141. The number of rotatable bonds is 4. The van der Waals surface area contributed by atoms with Crippen LogP contribution in [-0.4, -0.2) is 34.7 Å². The quantitative estimate of drug-likeness (QED) is 0.492. The highest BCUT2D eigenvalue weighted by molar-refractivity contribution is 6.38. The first-order valence-electron chi connectivity index (χ1n) is 9.28. The molecule has 0 spiro atoms. The molecule has 1 atom stereocenters. The molecule has 1 aromatic carbocycles. The zero-order chi connectivity index (χ0) is 21.6. The van der Waals surface area contributed by atoms with Gasteiger partial charge in [-0.2, -0.15) is 0 Å². The lowest BCUT2D eigenvalue weighted by Gasteiger charge is -2.19. The molecule has 1 unspecified atom stereocenters. The lowest BCUT2D eigenvalue weighted by Crippen LogP contribution is -2.25. The molecule has 30 heavy (non-hydrogen) atoms. The molecule has 3 aromatic rings. The van der Waals surface area contributed by atoms with Crippen molar-refractivity contribution in [2.24, 2.45) is 0 Å². The highest BCUT2D eigenvalue weighted by atomic mass is 35.5. The van der Waals surface area contributed by atoms with Crippen molar-refractivity contribution in [1.29, 1.82) is 0 Å². The van der Waals surface area contributed by atoms with Crippen molar-refractivity contribution < 1.29 is 14.2 Å². The van der Waals surface area contributed by atoms with Gasteiger partial charge in [-0.1, -0.05) is 40.9 Å². The molecule has 1 aliphatic rings. The van der Waals surface area contributed by atoms with Crippen molar-refractivity contribution in [1.82, 2.24) is 9.55 Å². The Morgan fingerprint density at radius 3 is 2.57 bits per heavy atom. The van der Waals surface area contributed by atoms with Crippen LogP contribution in [0.5, 0.6) is 5.88 Å². The Morgan fingerprint density at radius 2 is 1.93 bits per heavy atom. The average molecular weight is 470 g/mol. The standard InChI is InChI=1S/C21H19Cl3N2O4/c1-11-7-16(27)18-15(26(11)19-13(22)5-4-6-14(19)23)8-17(24)25-20(18)28-9-12-10-29-21(2,3)30-12/h4-8,12H,9-10H2,1-3H3. The Labute approximate surface area is 188 Å². The van der Waals surface area contributed by atoms with E-state index >= 15 is 0 Å². The Morgan fingerprint density at radius 1 is 1.23 bits per heavy atom. The minimum atomic E-state index is -0.678. The summed E-state index contributed by atoms with van der Waals surface area (Å²) in [6.45, 7) is 5.99. The topological polar surface area (TPSA) is 62.6 Å². The second-order valence-electron chi connectivity index (χ2n) is 7.46. The first-order chi connectivity index (χ1) is 14.2. The molecule has 1 aliphatic heterocycles. The summed E-state index contributed by atoms with van der Waals surface area (Å²) in [5.41, 5.74) is 1.44. The van der Waals surface area contributed by atoms with Crippen molar-refractivity contribution in [2.45, 2.75) is 32.7 Å². The number of hydrogen-bond acceptors (Lipinski definition) is 5. The Bertz CT molecular complexity index is 1170. The second kappa shape index (κ2) is 8.02. The fourth-order valence-electron chi connectivity index (χ4n) is 3.53. The molecule has 1 fully saturated rings. The molecule has 0 aliphatic carbocycles. The predicted molar refractivity (Wildman–Crippen MR) is 118 cm³/mol. The van der Waals surface area contributed by atoms with Gasteiger partial charge in [-0.25, -0.2) is 4.98 Å². The maximum absolute atomic E-state index is 12.9. The molecule has 0 bridgehead atoms. The Kier molecular flexibility index (Phi) is 5.72. The fourth-order valence-corrected chi connectivity index (χ4v) is 4.27. The predicted octanol–water partition coefficient (Wildman–Crippen LogP) is 5.18. The van der Waals surface area contributed by atoms with Crippen LogP contribution in [0.15, 0.2) is 35.1 Å². The second-order valence-corrected chi connectivity index (χ2v) is 8.66. The molecule has 3 heterocycles. The molecule has 1 saturated heterocycles. The van der Waals surface area contributed by atoms with Gasteiger partial charge in [-0.15, -0.1) is 0 Å². The summed E-state index contributed by atoms with van der Waals surface area (Å²) >= 11 is 19.2. The van der Waals surface area contributed by atoms with E-state index in [-0.39, 0.29) is 34.6 Å². The Hall–Kier alpha value is -1.83. The van der Waals surface area contributed by atoms with Gasteiger partial charge < -0.3 is 18.8 Å². The molecular weight excluding hydrogens is 451 g/mol. The molecule has 0 amide bonds. The third-order valence-electron chi connectivity index (χ3n) is 4.75. The van der Waals surface area contributed by atoms with E-state index < -0.39 is 5.79 Å². The van der Waals surface area contributed by atoms with E-state index in [1.807, 2.05) is 13.8 Å². The zero-order valence-electron chi connectivity index (χ0n) is 16.5. The van der Waals surface area contributed by atoms with Gasteiger partial charge in [0.2, 0.25) is 5.88 Å². The van der Waals surface area contributed by atoms with Crippen molar-refractivity contribution in [3.8, 4) is 11.6 Å². The highest BCUT2D eigenvalue weighted by Crippen LogP contribution is 2.34. The zero-order valence-corrected chi connectivity index (χ0v) is 18.8. The van der Waals surface area contributed by atoms with Crippen LogP contribution in [-0.2, 0) is 9.47 Å². The van der Waals surface area contributed by atoms with Gasteiger partial charge >= 0.3 is 0 Å². The highest BCUT2D eigenvalue weighted by Gasteiger charge is 2.33. The number of pyridine rings is 2. The Balaban J connectivity index is 1.85. The van der Waals surface area contributed by atoms with E-state index in [2.05, 4.69) is 4.98 Å². The average Bonchev–Trinajstić information content (AvgIpc) is 3.00. The minimum absolute atomic E-state index is 0.118. The van der Waals surface area contributed by atoms with Crippen LogP contribution in [0.4, 0.5) is 0 Å². The summed E-state index contributed by atoms with van der Waals surface area (Å²) in [5.74, 6) is -0.560. The first kappa shape index (κ1) is 21.4. The van der Waals surface area contributed by atoms with Crippen molar-refractivity contribution in [3.63, 3.8) is 0 Å². The van der Waals surface area contributed by atoms with Crippen LogP contribution < -0.4 is 10.2 Å². The minimum Gasteiger partial charge on any atom is -0.474 e. The van der Waals surface area contributed by atoms with Crippen LogP contribution in [0.25, 0.3) is 16.6 Å². The number of hydrogen-bond donors (Lipinski definition) is 0. The number of nitrogens with zero attached hydrogens (tertiary/aromatic N) is 2. The molecule has 6 nitrogen and oxygen atoms in total. The molecule has 0 radical (unpaired) electrons. The van der Waals surface area contributed by atoms with Crippen molar-refractivity contribution in [2.75, 3.05) is 13.2 Å². The molecule has 4 rings (SSSR count). The molecule has 158 valence electrons. The molecule has 9 heteroatoms. The summed E-state index contributed by atoms with van der Waals surface area (Å²) in [4.78, 5) is 17.1. The normalized spacial score (nSPS) is 18.1. The van der Waals surface area contributed by atoms with Gasteiger partial charge in [0.05, 0.1) is 27.9 Å². The number of benzene rings is 1.